The molecular formula is C18H23F2IN4O. The van der Waals surface area contributed by atoms with E-state index < -0.39 is 6.61 Å². The number of aromatic nitrogens is 1. The van der Waals surface area contributed by atoms with Gasteiger partial charge in [-0.2, -0.15) is 8.78 Å². The second kappa shape index (κ2) is 11.6. The average molecular weight is 476 g/mol. The highest BCUT2D eigenvalue weighted by molar-refractivity contribution is 14.0. The number of ether oxygens (including phenoxy) is 1. The average Bonchev–Trinajstić information content (AvgIpc) is 2.60. The van der Waals surface area contributed by atoms with Gasteiger partial charge in [-0.05, 0) is 32.0 Å². The second-order valence-corrected chi connectivity index (χ2v) is 5.36. The molecule has 142 valence electrons. The van der Waals surface area contributed by atoms with Gasteiger partial charge in [0.25, 0.3) is 0 Å². The van der Waals surface area contributed by atoms with Gasteiger partial charge in [0, 0.05) is 18.3 Å². The molecular weight excluding hydrogens is 453 g/mol. The normalized spacial score (nSPS) is 11.0. The Morgan fingerprint density at radius 2 is 2.04 bits per heavy atom. The first-order chi connectivity index (χ1) is 12.1. The van der Waals surface area contributed by atoms with Crippen molar-refractivity contribution in [2.45, 2.75) is 33.5 Å². The van der Waals surface area contributed by atoms with Crippen LogP contribution in [0.2, 0.25) is 0 Å². The molecule has 0 spiro atoms. The predicted octanol–water partition coefficient (Wildman–Crippen LogP) is 3.86. The Kier molecular flexibility index (Phi) is 9.85. The summed E-state index contributed by atoms with van der Waals surface area (Å²) in [5.74, 6) is 0.725. The fourth-order valence-electron chi connectivity index (χ4n) is 2.23. The van der Waals surface area contributed by atoms with Crippen molar-refractivity contribution in [3.63, 3.8) is 0 Å². The van der Waals surface area contributed by atoms with Crippen molar-refractivity contribution in [1.29, 1.82) is 0 Å². The summed E-state index contributed by atoms with van der Waals surface area (Å²) < 4.78 is 29.6. The summed E-state index contributed by atoms with van der Waals surface area (Å²) >= 11 is 0. The minimum atomic E-state index is -2.86. The number of hydrogen-bond donors (Lipinski definition) is 2. The highest BCUT2D eigenvalue weighted by Crippen LogP contribution is 2.22. The van der Waals surface area contributed by atoms with Gasteiger partial charge in [-0.1, -0.05) is 23.8 Å². The first kappa shape index (κ1) is 22.1. The van der Waals surface area contributed by atoms with Crippen LogP contribution in [0.3, 0.4) is 0 Å². The van der Waals surface area contributed by atoms with E-state index in [-0.39, 0.29) is 36.3 Å². The Hall–Kier alpha value is -1.97. The lowest BCUT2D eigenvalue weighted by molar-refractivity contribution is -0.0504. The number of benzene rings is 1. The van der Waals surface area contributed by atoms with Crippen molar-refractivity contribution in [2.24, 2.45) is 4.99 Å². The van der Waals surface area contributed by atoms with Crippen LogP contribution in [-0.2, 0) is 13.1 Å². The lowest BCUT2D eigenvalue weighted by atomic mass is 10.1. The molecule has 0 atom stereocenters. The van der Waals surface area contributed by atoms with Gasteiger partial charge >= 0.3 is 6.61 Å². The summed E-state index contributed by atoms with van der Waals surface area (Å²) in [5, 5.41) is 6.29. The fraction of sp³-hybridized carbons (Fsp3) is 0.333. The Morgan fingerprint density at radius 1 is 1.23 bits per heavy atom. The van der Waals surface area contributed by atoms with E-state index in [1.165, 1.54) is 0 Å². The third kappa shape index (κ3) is 7.51. The van der Waals surface area contributed by atoms with Crippen LogP contribution in [0, 0.1) is 6.92 Å². The van der Waals surface area contributed by atoms with Crippen molar-refractivity contribution in [3.8, 4) is 5.75 Å². The number of hydrogen-bond acceptors (Lipinski definition) is 3. The molecule has 1 aromatic carbocycles. The van der Waals surface area contributed by atoms with Gasteiger partial charge in [0.1, 0.15) is 5.75 Å². The van der Waals surface area contributed by atoms with Crippen LogP contribution in [0.15, 0.2) is 47.6 Å². The van der Waals surface area contributed by atoms with Crippen molar-refractivity contribution in [1.82, 2.24) is 15.6 Å². The zero-order valence-corrected chi connectivity index (χ0v) is 17.0. The van der Waals surface area contributed by atoms with Gasteiger partial charge < -0.3 is 15.4 Å². The van der Waals surface area contributed by atoms with Crippen LogP contribution in [-0.4, -0.2) is 24.1 Å². The van der Waals surface area contributed by atoms with E-state index in [2.05, 4.69) is 25.3 Å². The topological polar surface area (TPSA) is 58.5 Å². The Labute approximate surface area is 169 Å². The second-order valence-electron chi connectivity index (χ2n) is 5.36. The summed E-state index contributed by atoms with van der Waals surface area (Å²) in [4.78, 5) is 8.69. The molecule has 1 aromatic heterocycles. The highest BCUT2D eigenvalue weighted by atomic mass is 127. The number of aryl methyl sites for hydroxylation is 1. The number of aliphatic imine (C=N–C) groups is 1. The fourth-order valence-corrected chi connectivity index (χ4v) is 2.23. The van der Waals surface area contributed by atoms with Crippen LogP contribution < -0.4 is 15.4 Å². The number of nitrogens with one attached hydrogen (secondary N) is 2. The molecule has 2 N–H and O–H groups in total. The Bertz CT molecular complexity index is 699. The molecule has 0 bridgehead atoms. The molecule has 0 aliphatic carbocycles. The monoisotopic (exact) mass is 476 g/mol. The van der Waals surface area contributed by atoms with Gasteiger partial charge in [-0.15, -0.1) is 24.0 Å². The number of nitrogens with zero attached hydrogens (tertiary/aromatic N) is 2. The van der Waals surface area contributed by atoms with E-state index in [1.807, 2.05) is 32.0 Å². The van der Waals surface area contributed by atoms with E-state index in [0.29, 0.717) is 24.6 Å². The molecule has 0 radical (unpaired) electrons. The highest BCUT2D eigenvalue weighted by Gasteiger charge is 2.10. The molecule has 0 aliphatic heterocycles. The standard InChI is InChI=1S/C18H22F2N4O.HI/c1-3-21-18(24-12-15-6-4-5-9-22-15)23-11-14-10-13(2)7-8-16(14)25-17(19)20;/h4-10,17H,3,11-12H2,1-2H3,(H2,21,23,24);1H. The predicted molar refractivity (Wildman–Crippen MR) is 109 cm³/mol. The molecule has 2 aromatic rings. The molecule has 0 saturated carbocycles. The smallest absolute Gasteiger partial charge is 0.387 e. The number of halogens is 3. The van der Waals surface area contributed by atoms with Crippen LogP contribution >= 0.6 is 24.0 Å². The van der Waals surface area contributed by atoms with Crippen LogP contribution in [0.25, 0.3) is 0 Å². The van der Waals surface area contributed by atoms with E-state index in [4.69, 9.17) is 0 Å². The largest absolute Gasteiger partial charge is 0.434 e. The first-order valence-corrected chi connectivity index (χ1v) is 8.05. The third-order valence-electron chi connectivity index (χ3n) is 3.35. The van der Waals surface area contributed by atoms with Gasteiger partial charge in [-0.3, -0.25) is 4.98 Å². The van der Waals surface area contributed by atoms with Crippen molar-refractivity contribution < 1.29 is 13.5 Å². The SMILES string of the molecule is CCNC(=NCc1cc(C)ccc1OC(F)F)NCc1ccccn1.I. The molecule has 0 saturated heterocycles. The van der Waals surface area contributed by atoms with Crippen LogP contribution in [0.4, 0.5) is 8.78 Å². The maximum absolute atomic E-state index is 12.5. The van der Waals surface area contributed by atoms with Crippen molar-refractivity contribution >= 4 is 29.9 Å². The van der Waals surface area contributed by atoms with Gasteiger partial charge in [0.05, 0.1) is 18.8 Å². The molecule has 8 heteroatoms. The van der Waals surface area contributed by atoms with Gasteiger partial charge in [0.2, 0.25) is 0 Å². The summed E-state index contributed by atoms with van der Waals surface area (Å²) in [5.41, 5.74) is 2.44. The summed E-state index contributed by atoms with van der Waals surface area (Å²) in [7, 11) is 0. The number of pyridine rings is 1. The maximum Gasteiger partial charge on any atom is 0.387 e. The molecule has 1 heterocycles. The molecule has 0 fully saturated rings. The lowest BCUT2D eigenvalue weighted by Crippen LogP contribution is -2.37. The lowest BCUT2D eigenvalue weighted by Gasteiger charge is -2.13. The zero-order valence-electron chi connectivity index (χ0n) is 14.7. The van der Waals surface area contributed by atoms with Gasteiger partial charge in [0.15, 0.2) is 5.96 Å². The molecule has 0 unspecified atom stereocenters. The first-order valence-electron chi connectivity index (χ1n) is 8.05. The molecule has 0 aliphatic rings. The summed E-state index contributed by atoms with van der Waals surface area (Å²) in [6.45, 7) is 2.41. The maximum atomic E-state index is 12.5. The number of alkyl halides is 2. The molecule has 0 amide bonds. The van der Waals surface area contributed by atoms with E-state index in [0.717, 1.165) is 11.3 Å². The van der Waals surface area contributed by atoms with E-state index in [9.17, 15) is 8.78 Å². The number of guanidine groups is 1. The van der Waals surface area contributed by atoms with Crippen molar-refractivity contribution in [3.05, 3.63) is 59.4 Å². The minimum absolute atomic E-state index is 0. The quantitative estimate of drug-likeness (QED) is 0.362. The minimum Gasteiger partial charge on any atom is -0.434 e. The third-order valence-corrected chi connectivity index (χ3v) is 3.35. The van der Waals surface area contributed by atoms with E-state index in [1.54, 1.807) is 24.4 Å². The van der Waals surface area contributed by atoms with E-state index >= 15 is 0 Å². The molecule has 2 rings (SSSR count). The Balaban J connectivity index is 0.00000338. The molecule has 26 heavy (non-hydrogen) atoms. The molecule has 5 nitrogen and oxygen atoms in total. The zero-order chi connectivity index (χ0) is 18.1. The van der Waals surface area contributed by atoms with Crippen molar-refractivity contribution in [2.75, 3.05) is 6.54 Å². The van der Waals surface area contributed by atoms with Crippen LogP contribution in [0.1, 0.15) is 23.7 Å². The van der Waals surface area contributed by atoms with Crippen LogP contribution in [0.5, 0.6) is 5.75 Å². The summed E-state index contributed by atoms with van der Waals surface area (Å²) in [6.07, 6.45) is 1.72. The van der Waals surface area contributed by atoms with Gasteiger partial charge in [-0.25, -0.2) is 4.99 Å². The summed E-state index contributed by atoms with van der Waals surface area (Å²) in [6, 6.07) is 10.7. The number of rotatable bonds is 7. The Morgan fingerprint density at radius 3 is 2.69 bits per heavy atom.